The Morgan fingerprint density at radius 3 is 2.50 bits per heavy atom. The number of aliphatic hydroxyl groups excluding tert-OH is 1. The number of anilines is 1. The standard InChI is InChI=1S/C24H26F3N3O4/c25-24(26,27)15-6-9-19-18(12-15)21-17(20(30-19)14-4-2-1-3-5-14)8-7-16(34-21)13-29-23(33)22(32)28-10-11-31/h1-6,9,12,16-17,20-21,30-31H,7-8,10-11,13H2,(H,28,32)(H,29,33)/t16-,17+,20+,21+/m1/s1. The average molecular weight is 477 g/mol. The van der Waals surface area contributed by atoms with E-state index in [1.807, 2.05) is 30.3 Å². The van der Waals surface area contributed by atoms with Crippen molar-refractivity contribution in [3.63, 3.8) is 0 Å². The van der Waals surface area contributed by atoms with Crippen LogP contribution in [-0.4, -0.2) is 42.7 Å². The summed E-state index contributed by atoms with van der Waals surface area (Å²) in [6.45, 7) is -0.280. The van der Waals surface area contributed by atoms with E-state index in [1.54, 1.807) is 0 Å². The molecule has 34 heavy (non-hydrogen) atoms. The van der Waals surface area contributed by atoms with Gasteiger partial charge in [0.05, 0.1) is 30.4 Å². The number of aliphatic hydroxyl groups is 1. The minimum atomic E-state index is -4.48. The van der Waals surface area contributed by atoms with Gasteiger partial charge in [-0.25, -0.2) is 0 Å². The van der Waals surface area contributed by atoms with E-state index in [1.165, 1.54) is 6.07 Å². The summed E-state index contributed by atoms with van der Waals surface area (Å²) in [6, 6.07) is 13.2. The molecule has 2 aliphatic heterocycles. The summed E-state index contributed by atoms with van der Waals surface area (Å²) in [7, 11) is 0. The number of hydrogen-bond acceptors (Lipinski definition) is 5. The maximum absolute atomic E-state index is 13.4. The third-order valence-corrected chi connectivity index (χ3v) is 6.23. The van der Waals surface area contributed by atoms with Gasteiger partial charge in [0.25, 0.3) is 0 Å². The van der Waals surface area contributed by atoms with E-state index in [0.717, 1.165) is 17.7 Å². The molecule has 2 aromatic carbocycles. The van der Waals surface area contributed by atoms with Gasteiger partial charge in [-0.2, -0.15) is 13.2 Å². The summed E-state index contributed by atoms with van der Waals surface area (Å²) in [5.41, 5.74) is 1.28. The number of carbonyl (C=O) groups excluding carboxylic acids is 2. The smallest absolute Gasteiger partial charge is 0.395 e. The lowest BCUT2D eigenvalue weighted by atomic mass is 9.76. The number of amides is 2. The first-order valence-corrected chi connectivity index (χ1v) is 11.1. The van der Waals surface area contributed by atoms with E-state index in [0.29, 0.717) is 24.1 Å². The van der Waals surface area contributed by atoms with Crippen LogP contribution >= 0.6 is 0 Å². The fourth-order valence-corrected chi connectivity index (χ4v) is 4.61. The number of nitrogens with one attached hydrogen (secondary N) is 3. The van der Waals surface area contributed by atoms with Gasteiger partial charge in [-0.1, -0.05) is 30.3 Å². The lowest BCUT2D eigenvalue weighted by Gasteiger charge is -2.46. The lowest BCUT2D eigenvalue weighted by Crippen LogP contribution is -2.46. The number of rotatable bonds is 5. The molecule has 4 rings (SSSR count). The van der Waals surface area contributed by atoms with Crippen LogP contribution in [0.4, 0.5) is 18.9 Å². The predicted molar refractivity (Wildman–Crippen MR) is 118 cm³/mol. The molecule has 0 saturated carbocycles. The van der Waals surface area contributed by atoms with E-state index in [-0.39, 0.29) is 31.7 Å². The third kappa shape index (κ3) is 5.18. The molecule has 0 radical (unpaired) electrons. The van der Waals surface area contributed by atoms with Crippen molar-refractivity contribution in [2.75, 3.05) is 25.0 Å². The first-order valence-electron chi connectivity index (χ1n) is 11.1. The number of ether oxygens (including phenoxy) is 1. The average Bonchev–Trinajstić information content (AvgIpc) is 2.84. The number of fused-ring (bicyclic) bond motifs is 3. The molecule has 2 aliphatic rings. The van der Waals surface area contributed by atoms with Gasteiger partial charge >= 0.3 is 18.0 Å². The minimum absolute atomic E-state index is 0.0396. The van der Waals surface area contributed by atoms with Crippen LogP contribution in [0.15, 0.2) is 48.5 Å². The summed E-state index contributed by atoms with van der Waals surface area (Å²) in [5.74, 6) is -1.83. The van der Waals surface area contributed by atoms with Crippen molar-refractivity contribution >= 4 is 17.5 Å². The predicted octanol–water partition coefficient (Wildman–Crippen LogP) is 2.93. The highest BCUT2D eigenvalue weighted by atomic mass is 19.4. The van der Waals surface area contributed by atoms with Crippen LogP contribution in [0.5, 0.6) is 0 Å². The minimum Gasteiger partial charge on any atom is -0.395 e. The zero-order chi connectivity index (χ0) is 24.3. The molecular weight excluding hydrogens is 451 g/mol. The van der Waals surface area contributed by atoms with Gasteiger partial charge in [0.2, 0.25) is 0 Å². The molecule has 0 aliphatic carbocycles. The second-order valence-corrected chi connectivity index (χ2v) is 8.44. The highest BCUT2D eigenvalue weighted by Gasteiger charge is 2.43. The summed E-state index contributed by atoms with van der Waals surface area (Å²) < 4.78 is 46.5. The monoisotopic (exact) mass is 477 g/mol. The van der Waals surface area contributed by atoms with E-state index in [4.69, 9.17) is 9.84 Å². The Hall–Kier alpha value is -3.11. The number of carbonyl (C=O) groups is 2. The second-order valence-electron chi connectivity index (χ2n) is 8.44. The van der Waals surface area contributed by atoms with Crippen molar-refractivity contribution < 1.29 is 32.6 Å². The molecule has 0 spiro atoms. The van der Waals surface area contributed by atoms with Crippen LogP contribution in [0.1, 0.15) is 41.7 Å². The lowest BCUT2D eigenvalue weighted by molar-refractivity contribution is -0.140. The van der Waals surface area contributed by atoms with Crippen molar-refractivity contribution in [3.05, 3.63) is 65.2 Å². The Bertz CT molecular complexity index is 1030. The zero-order valence-corrected chi connectivity index (χ0v) is 18.3. The highest BCUT2D eigenvalue weighted by molar-refractivity contribution is 6.35. The SMILES string of the molecule is O=C(NCCO)C(=O)NC[C@H]1CC[C@@H]2[C@H](O1)c1cc(C(F)(F)F)ccc1N[C@H]2c1ccccc1. The van der Waals surface area contributed by atoms with Crippen molar-refractivity contribution in [2.24, 2.45) is 5.92 Å². The summed E-state index contributed by atoms with van der Waals surface area (Å²) >= 11 is 0. The molecule has 0 bridgehead atoms. The van der Waals surface area contributed by atoms with Gasteiger partial charge in [0, 0.05) is 30.3 Å². The summed E-state index contributed by atoms with van der Waals surface area (Å²) in [6.07, 6.45) is -4.33. The third-order valence-electron chi connectivity index (χ3n) is 6.23. The van der Waals surface area contributed by atoms with Crippen molar-refractivity contribution in [1.29, 1.82) is 0 Å². The number of alkyl halides is 3. The van der Waals surface area contributed by atoms with E-state index < -0.39 is 35.8 Å². The molecule has 1 fully saturated rings. The molecule has 2 aromatic rings. The molecule has 182 valence electrons. The molecule has 2 heterocycles. The van der Waals surface area contributed by atoms with Gasteiger partial charge in [0.1, 0.15) is 0 Å². The Morgan fingerprint density at radius 1 is 1.06 bits per heavy atom. The zero-order valence-electron chi connectivity index (χ0n) is 18.3. The Morgan fingerprint density at radius 2 is 1.79 bits per heavy atom. The summed E-state index contributed by atoms with van der Waals surface area (Å²) in [5, 5.41) is 16.9. The molecule has 4 N–H and O–H groups in total. The van der Waals surface area contributed by atoms with Gasteiger partial charge in [-0.3, -0.25) is 9.59 Å². The normalized spacial score (nSPS) is 23.8. The van der Waals surface area contributed by atoms with Crippen LogP contribution in [0.25, 0.3) is 0 Å². The van der Waals surface area contributed by atoms with Gasteiger partial charge < -0.3 is 25.8 Å². The molecule has 1 saturated heterocycles. The maximum Gasteiger partial charge on any atom is 0.416 e. The van der Waals surface area contributed by atoms with Crippen LogP contribution in [0.3, 0.4) is 0 Å². The molecule has 0 aromatic heterocycles. The first-order chi connectivity index (χ1) is 16.3. The van der Waals surface area contributed by atoms with Gasteiger partial charge in [0.15, 0.2) is 0 Å². The van der Waals surface area contributed by atoms with E-state index in [9.17, 15) is 22.8 Å². The van der Waals surface area contributed by atoms with Crippen LogP contribution in [0, 0.1) is 5.92 Å². The van der Waals surface area contributed by atoms with Crippen molar-refractivity contribution in [2.45, 2.75) is 37.3 Å². The fraction of sp³-hybridized carbons (Fsp3) is 0.417. The van der Waals surface area contributed by atoms with Crippen molar-refractivity contribution in [3.8, 4) is 0 Å². The van der Waals surface area contributed by atoms with Gasteiger partial charge in [-0.05, 0) is 36.6 Å². The van der Waals surface area contributed by atoms with Crippen LogP contribution in [0.2, 0.25) is 0 Å². The number of halogens is 3. The van der Waals surface area contributed by atoms with E-state index >= 15 is 0 Å². The van der Waals surface area contributed by atoms with E-state index in [2.05, 4.69) is 16.0 Å². The molecule has 10 heteroatoms. The topological polar surface area (TPSA) is 99.7 Å². The highest BCUT2D eigenvalue weighted by Crippen LogP contribution is 2.51. The van der Waals surface area contributed by atoms with Crippen LogP contribution < -0.4 is 16.0 Å². The summed E-state index contributed by atoms with van der Waals surface area (Å²) in [4.78, 5) is 23.7. The molecular formula is C24H26F3N3O4. The maximum atomic E-state index is 13.4. The largest absolute Gasteiger partial charge is 0.416 e. The second kappa shape index (κ2) is 10.0. The van der Waals surface area contributed by atoms with Crippen LogP contribution in [-0.2, 0) is 20.5 Å². The molecule has 2 amide bonds. The quantitative estimate of drug-likeness (QED) is 0.497. The first kappa shape index (κ1) is 24.0. The fourth-order valence-electron chi connectivity index (χ4n) is 4.61. The molecule has 4 atom stereocenters. The number of benzene rings is 2. The molecule has 7 nitrogen and oxygen atoms in total. The Balaban J connectivity index is 1.56. The molecule has 0 unspecified atom stereocenters. The van der Waals surface area contributed by atoms with Crippen molar-refractivity contribution in [1.82, 2.24) is 10.6 Å². The number of hydrogen-bond donors (Lipinski definition) is 4. The van der Waals surface area contributed by atoms with Gasteiger partial charge in [-0.15, -0.1) is 0 Å². The Kier molecular flexibility index (Phi) is 7.08. The Labute approximate surface area is 194 Å².